The van der Waals surface area contributed by atoms with Crippen LogP contribution in [0.5, 0.6) is 0 Å². The normalized spacial score (nSPS) is 13.9. The van der Waals surface area contributed by atoms with E-state index in [0.717, 1.165) is 36.1 Å². The van der Waals surface area contributed by atoms with Crippen molar-refractivity contribution in [3.63, 3.8) is 0 Å². The van der Waals surface area contributed by atoms with E-state index in [0.29, 0.717) is 16.1 Å². The van der Waals surface area contributed by atoms with Gasteiger partial charge in [-0.2, -0.15) is 0 Å². The highest BCUT2D eigenvalue weighted by Gasteiger charge is 2.23. The Morgan fingerprint density at radius 3 is 2.78 bits per heavy atom. The zero-order chi connectivity index (χ0) is 16.4. The van der Waals surface area contributed by atoms with Gasteiger partial charge in [0.1, 0.15) is 5.00 Å². The van der Waals surface area contributed by atoms with Crippen LogP contribution in [0.4, 0.5) is 10.7 Å². The minimum Gasteiger partial charge on any atom is -0.365 e. The summed E-state index contributed by atoms with van der Waals surface area (Å²) < 4.78 is 0. The number of carbonyl (C=O) groups excluding carboxylic acids is 1. The summed E-state index contributed by atoms with van der Waals surface area (Å²) in [7, 11) is 0. The minimum atomic E-state index is -0.487. The van der Waals surface area contributed by atoms with Crippen molar-refractivity contribution in [1.82, 2.24) is 0 Å². The number of carbonyl (C=O) groups is 1. The number of nitro benzene ring substituents is 1. The van der Waals surface area contributed by atoms with Crippen LogP contribution >= 0.6 is 11.3 Å². The molecule has 23 heavy (non-hydrogen) atoms. The number of hydrogen-bond donors (Lipinski definition) is 1. The summed E-state index contributed by atoms with van der Waals surface area (Å²) in [6.07, 6.45) is 5.34. The molecule has 0 atom stereocenters. The molecule has 6 nitrogen and oxygen atoms in total. The molecule has 1 aliphatic carbocycles. The van der Waals surface area contributed by atoms with E-state index in [1.807, 2.05) is 0 Å². The molecule has 0 aliphatic heterocycles. The number of aliphatic imine (C=N–C) groups is 1. The van der Waals surface area contributed by atoms with Gasteiger partial charge in [-0.15, -0.1) is 11.3 Å². The molecule has 0 saturated heterocycles. The summed E-state index contributed by atoms with van der Waals surface area (Å²) >= 11 is 1.46. The van der Waals surface area contributed by atoms with Gasteiger partial charge in [0.2, 0.25) is 0 Å². The van der Waals surface area contributed by atoms with Crippen molar-refractivity contribution in [2.75, 3.05) is 0 Å². The lowest BCUT2D eigenvalue weighted by Gasteiger charge is -2.10. The zero-order valence-corrected chi connectivity index (χ0v) is 13.1. The first-order valence-electron chi connectivity index (χ1n) is 7.29. The number of para-hydroxylation sites is 1. The fourth-order valence-corrected chi connectivity index (χ4v) is 4.03. The van der Waals surface area contributed by atoms with E-state index in [1.54, 1.807) is 18.2 Å². The molecule has 0 fully saturated rings. The lowest BCUT2D eigenvalue weighted by atomic mass is 9.95. The summed E-state index contributed by atoms with van der Waals surface area (Å²) in [6, 6.07) is 6.37. The number of fused-ring (bicyclic) bond motifs is 1. The van der Waals surface area contributed by atoms with Gasteiger partial charge < -0.3 is 5.73 Å². The number of nitro groups is 1. The van der Waals surface area contributed by atoms with Gasteiger partial charge in [0, 0.05) is 17.2 Å². The smallest absolute Gasteiger partial charge is 0.278 e. The second kappa shape index (κ2) is 6.29. The Bertz CT molecular complexity index is 811. The van der Waals surface area contributed by atoms with E-state index < -0.39 is 10.8 Å². The van der Waals surface area contributed by atoms with Crippen LogP contribution in [-0.4, -0.2) is 17.0 Å². The molecule has 1 aliphatic rings. The van der Waals surface area contributed by atoms with E-state index in [4.69, 9.17) is 5.73 Å². The summed E-state index contributed by atoms with van der Waals surface area (Å²) in [5.41, 5.74) is 7.38. The average molecular weight is 329 g/mol. The van der Waals surface area contributed by atoms with E-state index in [1.165, 1.54) is 23.6 Å². The van der Waals surface area contributed by atoms with Gasteiger partial charge in [0.05, 0.1) is 16.1 Å². The van der Waals surface area contributed by atoms with Crippen LogP contribution in [0.15, 0.2) is 29.3 Å². The van der Waals surface area contributed by atoms with Gasteiger partial charge in [0.15, 0.2) is 0 Å². The third-order valence-electron chi connectivity index (χ3n) is 3.85. The highest BCUT2D eigenvalue weighted by molar-refractivity contribution is 7.16. The van der Waals surface area contributed by atoms with E-state index in [2.05, 4.69) is 4.99 Å². The second-order valence-corrected chi connectivity index (χ2v) is 6.41. The van der Waals surface area contributed by atoms with Gasteiger partial charge in [0.25, 0.3) is 11.6 Å². The summed E-state index contributed by atoms with van der Waals surface area (Å²) in [5.74, 6) is -0.487. The monoisotopic (exact) mass is 329 g/mol. The molecule has 2 aromatic rings. The molecule has 0 spiro atoms. The maximum atomic E-state index is 11.8. The number of aryl methyl sites for hydroxylation is 1. The molecule has 0 saturated carbocycles. The van der Waals surface area contributed by atoms with Gasteiger partial charge in [-0.1, -0.05) is 12.1 Å². The Hall–Kier alpha value is -2.54. The van der Waals surface area contributed by atoms with Crippen LogP contribution in [0.1, 0.15) is 39.2 Å². The number of nitrogens with two attached hydrogens (primary N) is 1. The molecule has 0 unspecified atom stereocenters. The Morgan fingerprint density at radius 2 is 2.04 bits per heavy atom. The van der Waals surface area contributed by atoms with Crippen LogP contribution in [0.25, 0.3) is 0 Å². The highest BCUT2D eigenvalue weighted by Crippen LogP contribution is 2.39. The van der Waals surface area contributed by atoms with Crippen LogP contribution < -0.4 is 5.73 Å². The fraction of sp³-hybridized carbons (Fsp3) is 0.250. The largest absolute Gasteiger partial charge is 0.365 e. The quantitative estimate of drug-likeness (QED) is 0.529. The molecule has 1 aromatic heterocycles. The van der Waals surface area contributed by atoms with Crippen molar-refractivity contribution < 1.29 is 9.72 Å². The maximum absolute atomic E-state index is 11.8. The van der Waals surface area contributed by atoms with Gasteiger partial charge in [-0.05, 0) is 37.3 Å². The first-order chi connectivity index (χ1) is 11.1. The fourth-order valence-electron chi connectivity index (χ4n) is 2.79. The van der Waals surface area contributed by atoms with E-state index >= 15 is 0 Å². The molecular weight excluding hydrogens is 314 g/mol. The summed E-state index contributed by atoms with van der Waals surface area (Å²) in [5, 5.41) is 11.6. The van der Waals surface area contributed by atoms with Crippen molar-refractivity contribution in [3.8, 4) is 0 Å². The van der Waals surface area contributed by atoms with Crippen molar-refractivity contribution in [2.45, 2.75) is 25.7 Å². The molecular formula is C16H15N3O3S. The predicted octanol–water partition coefficient (Wildman–Crippen LogP) is 3.38. The number of primary amides is 1. The third kappa shape index (κ3) is 3.00. The van der Waals surface area contributed by atoms with Gasteiger partial charge >= 0.3 is 0 Å². The van der Waals surface area contributed by atoms with Crippen molar-refractivity contribution in [1.29, 1.82) is 0 Å². The average Bonchev–Trinajstić information content (AvgIpc) is 2.91. The predicted molar refractivity (Wildman–Crippen MR) is 89.8 cm³/mol. The lowest BCUT2D eigenvalue weighted by Crippen LogP contribution is -2.14. The second-order valence-electron chi connectivity index (χ2n) is 5.33. The Kier molecular flexibility index (Phi) is 4.20. The Morgan fingerprint density at radius 1 is 1.30 bits per heavy atom. The van der Waals surface area contributed by atoms with Crippen LogP contribution in [-0.2, 0) is 12.8 Å². The van der Waals surface area contributed by atoms with E-state index in [-0.39, 0.29) is 5.69 Å². The Balaban J connectivity index is 2.02. The molecule has 1 aromatic carbocycles. The number of thiophene rings is 1. The molecule has 1 heterocycles. The lowest BCUT2D eigenvalue weighted by molar-refractivity contribution is -0.385. The van der Waals surface area contributed by atoms with Crippen LogP contribution in [0.3, 0.4) is 0 Å². The number of amides is 1. The summed E-state index contributed by atoms with van der Waals surface area (Å²) in [6.45, 7) is 0. The number of rotatable bonds is 4. The van der Waals surface area contributed by atoms with Crippen molar-refractivity contribution in [3.05, 3.63) is 55.9 Å². The number of nitrogens with zero attached hydrogens (tertiary/aromatic N) is 2. The van der Waals surface area contributed by atoms with Crippen molar-refractivity contribution in [2.24, 2.45) is 10.7 Å². The molecule has 0 radical (unpaired) electrons. The molecule has 0 bridgehead atoms. The number of benzene rings is 1. The maximum Gasteiger partial charge on any atom is 0.278 e. The van der Waals surface area contributed by atoms with Gasteiger partial charge in [-0.25, -0.2) is 4.99 Å². The SMILES string of the molecule is NC(=O)c1c(/N=C/c2ccccc2[N+](=O)[O-])sc2c1CCCC2. The first kappa shape index (κ1) is 15.4. The molecule has 7 heteroatoms. The van der Waals surface area contributed by atoms with E-state index in [9.17, 15) is 14.9 Å². The highest BCUT2D eigenvalue weighted by atomic mass is 32.1. The molecule has 118 valence electrons. The Labute approximate surface area is 136 Å². The molecule has 3 rings (SSSR count). The zero-order valence-electron chi connectivity index (χ0n) is 12.3. The van der Waals surface area contributed by atoms with Crippen LogP contribution in [0.2, 0.25) is 0 Å². The van der Waals surface area contributed by atoms with Gasteiger partial charge in [-0.3, -0.25) is 14.9 Å². The topological polar surface area (TPSA) is 98.6 Å². The first-order valence-corrected chi connectivity index (χ1v) is 8.11. The standard InChI is InChI=1S/C16H15N3O3S/c17-15(20)14-11-6-2-4-8-13(11)23-16(14)18-9-10-5-1-3-7-12(10)19(21)22/h1,3,5,7,9H,2,4,6,8H2,(H2,17,20)/b18-9+. The van der Waals surface area contributed by atoms with Crippen LogP contribution in [0, 0.1) is 10.1 Å². The summed E-state index contributed by atoms with van der Waals surface area (Å²) in [4.78, 5) is 27.9. The number of hydrogen-bond acceptors (Lipinski definition) is 5. The molecule has 1 amide bonds. The minimum absolute atomic E-state index is 0.0156. The molecule has 2 N–H and O–H groups in total. The van der Waals surface area contributed by atoms with Crippen molar-refractivity contribution >= 4 is 34.1 Å². The third-order valence-corrected chi connectivity index (χ3v) is 5.05.